The highest BCUT2D eigenvalue weighted by atomic mass is 32.1. The minimum Gasteiger partial charge on any atom is -0.463 e. The van der Waals surface area contributed by atoms with E-state index in [-0.39, 0.29) is 30.8 Å². The first-order valence-corrected chi connectivity index (χ1v) is 11.9. The molecule has 176 valence electrons. The summed E-state index contributed by atoms with van der Waals surface area (Å²) in [4.78, 5) is 43.7. The molecular weight excluding hydrogens is 430 g/mol. The lowest BCUT2D eigenvalue weighted by atomic mass is 9.96. The number of esters is 1. The molecule has 2 atom stereocenters. The summed E-state index contributed by atoms with van der Waals surface area (Å²) >= 11 is 1.51. The lowest BCUT2D eigenvalue weighted by Gasteiger charge is -2.42. The number of nitrogens with one attached hydrogen (secondary N) is 2. The molecule has 0 radical (unpaired) electrons. The highest BCUT2D eigenvalue weighted by Gasteiger charge is 2.38. The molecule has 0 bridgehead atoms. The van der Waals surface area contributed by atoms with E-state index in [1.165, 1.54) is 16.2 Å². The highest BCUT2D eigenvalue weighted by Crippen LogP contribution is 2.32. The van der Waals surface area contributed by atoms with Crippen LogP contribution in [0.3, 0.4) is 0 Å². The van der Waals surface area contributed by atoms with Crippen molar-refractivity contribution in [3.05, 3.63) is 33.7 Å². The van der Waals surface area contributed by atoms with Gasteiger partial charge >= 0.3 is 18.0 Å². The summed E-state index contributed by atoms with van der Waals surface area (Å²) in [5.74, 6) is -0.423. The third-order valence-electron chi connectivity index (χ3n) is 5.71. The number of urea groups is 2. The van der Waals surface area contributed by atoms with Crippen LogP contribution in [0, 0.1) is 0 Å². The summed E-state index contributed by atoms with van der Waals surface area (Å²) in [6.45, 7) is 10.2. The molecule has 1 aromatic rings. The lowest BCUT2D eigenvalue weighted by Crippen LogP contribution is -2.58. The fraction of sp³-hybridized carbons (Fsp3) is 0.591. The summed E-state index contributed by atoms with van der Waals surface area (Å²) in [6, 6.07) is 1.12. The molecular formula is C22H33N5O4S. The summed E-state index contributed by atoms with van der Waals surface area (Å²) in [7, 11) is 1.67. The fourth-order valence-corrected chi connectivity index (χ4v) is 4.79. The topological polar surface area (TPSA) is 94.2 Å². The van der Waals surface area contributed by atoms with Gasteiger partial charge in [0, 0.05) is 51.0 Å². The highest BCUT2D eigenvalue weighted by molar-refractivity contribution is 7.08. The van der Waals surface area contributed by atoms with E-state index in [0.717, 1.165) is 5.56 Å². The molecule has 1 fully saturated rings. The first-order valence-electron chi connectivity index (χ1n) is 11.0. The number of amides is 4. The van der Waals surface area contributed by atoms with E-state index in [4.69, 9.17) is 4.74 Å². The number of ether oxygens (including phenoxy) is 1. The monoisotopic (exact) mass is 463 g/mol. The van der Waals surface area contributed by atoms with Gasteiger partial charge in [0.1, 0.15) is 0 Å². The zero-order valence-electron chi connectivity index (χ0n) is 19.4. The first kappa shape index (κ1) is 24.1. The second kappa shape index (κ2) is 10.4. The number of thiophene rings is 1. The summed E-state index contributed by atoms with van der Waals surface area (Å²) < 4.78 is 5.37. The zero-order chi connectivity index (χ0) is 23.4. The van der Waals surface area contributed by atoms with Crippen LogP contribution in [0.4, 0.5) is 9.59 Å². The van der Waals surface area contributed by atoms with Crippen molar-refractivity contribution in [2.45, 2.75) is 45.8 Å². The first-order chi connectivity index (χ1) is 15.2. The molecule has 0 saturated carbocycles. The molecule has 32 heavy (non-hydrogen) atoms. The molecule has 0 unspecified atom stereocenters. The summed E-state index contributed by atoms with van der Waals surface area (Å²) in [5.41, 5.74) is 1.95. The summed E-state index contributed by atoms with van der Waals surface area (Å²) in [5, 5.41) is 9.73. The number of carbonyl (C=O) groups excluding carboxylic acids is 3. The molecule has 2 aliphatic heterocycles. The smallest absolute Gasteiger partial charge is 0.338 e. The van der Waals surface area contributed by atoms with Crippen LogP contribution >= 0.6 is 11.3 Å². The van der Waals surface area contributed by atoms with Gasteiger partial charge in [0.2, 0.25) is 0 Å². The molecule has 0 spiro atoms. The molecule has 1 aromatic heterocycles. The molecule has 0 aliphatic carbocycles. The second-order valence-corrected chi connectivity index (χ2v) is 9.24. The Morgan fingerprint density at radius 3 is 2.69 bits per heavy atom. The zero-order valence-corrected chi connectivity index (χ0v) is 20.2. The molecule has 2 aliphatic rings. The van der Waals surface area contributed by atoms with Crippen molar-refractivity contribution in [3.63, 3.8) is 0 Å². The normalized spacial score (nSPS) is 22.2. The van der Waals surface area contributed by atoms with Crippen LogP contribution in [0.25, 0.3) is 0 Å². The van der Waals surface area contributed by atoms with E-state index >= 15 is 0 Å². The number of nitrogens with zero attached hydrogens (tertiary/aromatic N) is 3. The van der Waals surface area contributed by atoms with Crippen molar-refractivity contribution in [2.24, 2.45) is 0 Å². The van der Waals surface area contributed by atoms with Gasteiger partial charge in [-0.1, -0.05) is 0 Å². The molecule has 3 rings (SSSR count). The average molecular weight is 464 g/mol. The standard InChI is InChI=1S/C22H33N5O4S/c1-6-31-20(28)18-17(25(5)21(29)24-19(18)16-7-10-32-13-16)12-26-8-9-27(15(4)11-26)22(30)23-14(2)3/h7,10,13-15,19H,6,8-9,11-12H2,1-5H3,(H,23,30)(H,24,29)/t15-,19+/m0/s1. The predicted molar refractivity (Wildman–Crippen MR) is 123 cm³/mol. The Morgan fingerprint density at radius 2 is 2.09 bits per heavy atom. The van der Waals surface area contributed by atoms with Gasteiger partial charge in [0.25, 0.3) is 0 Å². The largest absolute Gasteiger partial charge is 0.463 e. The van der Waals surface area contributed by atoms with Crippen molar-refractivity contribution >= 4 is 29.4 Å². The molecule has 9 nitrogen and oxygen atoms in total. The van der Waals surface area contributed by atoms with Crippen molar-refractivity contribution in [1.29, 1.82) is 0 Å². The quantitative estimate of drug-likeness (QED) is 0.632. The van der Waals surface area contributed by atoms with Crippen LogP contribution in [0.15, 0.2) is 28.1 Å². The molecule has 2 N–H and O–H groups in total. The maximum atomic E-state index is 13.0. The number of carbonyl (C=O) groups is 3. The van der Waals surface area contributed by atoms with E-state index in [1.807, 2.05) is 42.5 Å². The lowest BCUT2D eigenvalue weighted by molar-refractivity contribution is -0.139. The number of piperazine rings is 1. The Hall–Kier alpha value is -2.59. The Labute approximate surface area is 193 Å². The van der Waals surface area contributed by atoms with E-state index in [9.17, 15) is 14.4 Å². The van der Waals surface area contributed by atoms with Gasteiger partial charge in [-0.15, -0.1) is 0 Å². The van der Waals surface area contributed by atoms with E-state index in [2.05, 4.69) is 15.5 Å². The van der Waals surface area contributed by atoms with Crippen molar-refractivity contribution < 1.29 is 19.1 Å². The minimum absolute atomic E-state index is 0.00420. The van der Waals surface area contributed by atoms with Gasteiger partial charge in [0.15, 0.2) is 0 Å². The van der Waals surface area contributed by atoms with Gasteiger partial charge < -0.3 is 20.3 Å². The van der Waals surface area contributed by atoms with Crippen LogP contribution < -0.4 is 10.6 Å². The number of likely N-dealkylation sites (N-methyl/N-ethyl adjacent to an activating group) is 1. The van der Waals surface area contributed by atoms with Gasteiger partial charge in [-0.05, 0) is 50.1 Å². The number of hydrogen-bond acceptors (Lipinski definition) is 6. The molecule has 1 saturated heterocycles. The van der Waals surface area contributed by atoms with E-state index in [0.29, 0.717) is 37.4 Å². The van der Waals surface area contributed by atoms with Gasteiger partial charge in [-0.3, -0.25) is 9.80 Å². The van der Waals surface area contributed by atoms with Crippen LogP contribution in [0.1, 0.15) is 39.3 Å². The second-order valence-electron chi connectivity index (χ2n) is 8.46. The fourth-order valence-electron chi connectivity index (χ4n) is 4.11. The van der Waals surface area contributed by atoms with E-state index in [1.54, 1.807) is 14.0 Å². The van der Waals surface area contributed by atoms with Gasteiger partial charge in [0.05, 0.1) is 18.2 Å². The van der Waals surface area contributed by atoms with Gasteiger partial charge in [-0.25, -0.2) is 14.4 Å². The Kier molecular flexibility index (Phi) is 7.78. The molecule has 4 amide bonds. The van der Waals surface area contributed by atoms with Gasteiger partial charge in [-0.2, -0.15) is 11.3 Å². The van der Waals surface area contributed by atoms with Crippen molar-refractivity contribution in [3.8, 4) is 0 Å². The minimum atomic E-state index is -0.547. The van der Waals surface area contributed by atoms with Crippen LogP contribution in [-0.4, -0.2) is 84.6 Å². The van der Waals surface area contributed by atoms with Crippen LogP contribution in [0.5, 0.6) is 0 Å². The third kappa shape index (κ3) is 5.24. The predicted octanol–water partition coefficient (Wildman–Crippen LogP) is 2.39. The Balaban J connectivity index is 1.85. The SMILES string of the molecule is CCOC(=O)C1=C(CN2CCN(C(=O)NC(C)C)[C@@H](C)C2)N(C)C(=O)N[C@@H]1c1ccsc1. The van der Waals surface area contributed by atoms with Crippen LogP contribution in [0.2, 0.25) is 0 Å². The van der Waals surface area contributed by atoms with E-state index < -0.39 is 12.0 Å². The Bertz CT molecular complexity index is 870. The Morgan fingerprint density at radius 1 is 1.34 bits per heavy atom. The summed E-state index contributed by atoms with van der Waals surface area (Å²) in [6.07, 6.45) is 0. The van der Waals surface area contributed by atoms with Crippen LogP contribution in [-0.2, 0) is 9.53 Å². The number of rotatable bonds is 6. The average Bonchev–Trinajstić information content (AvgIpc) is 3.25. The van der Waals surface area contributed by atoms with Crippen molar-refractivity contribution in [1.82, 2.24) is 25.3 Å². The maximum absolute atomic E-state index is 13.0. The third-order valence-corrected chi connectivity index (χ3v) is 6.41. The molecule has 3 heterocycles. The van der Waals surface area contributed by atoms with Crippen molar-refractivity contribution in [2.75, 3.05) is 39.8 Å². The molecule has 10 heteroatoms. The maximum Gasteiger partial charge on any atom is 0.338 e. The number of hydrogen-bond donors (Lipinski definition) is 2. The molecule has 0 aromatic carbocycles.